The number of methoxy groups -OCH3 is 1. The van der Waals surface area contributed by atoms with E-state index < -0.39 is 22.1 Å². The highest BCUT2D eigenvalue weighted by atomic mass is 79.9. The molecule has 0 amide bonds. The second-order valence-corrected chi connectivity index (χ2v) is 26.7. The highest BCUT2D eigenvalue weighted by Gasteiger charge is 2.54. The molecule has 0 unspecified atom stereocenters. The van der Waals surface area contributed by atoms with Crippen molar-refractivity contribution < 1.29 is 19.0 Å². The van der Waals surface area contributed by atoms with Crippen LogP contribution in [0.25, 0.3) is 22.6 Å². The van der Waals surface area contributed by atoms with Crippen LogP contribution in [-0.4, -0.2) is 61.8 Å². The van der Waals surface area contributed by atoms with Gasteiger partial charge < -0.3 is 14.2 Å². The molecule has 0 saturated heterocycles. The zero-order chi connectivity index (χ0) is 29.7. The van der Waals surface area contributed by atoms with E-state index in [1.54, 1.807) is 6.07 Å². The van der Waals surface area contributed by atoms with Gasteiger partial charge in [0, 0.05) is 45.1 Å². The number of hydrogen-bond donors (Lipinski definition) is 0. The third kappa shape index (κ3) is 6.74. The third-order valence-electron chi connectivity index (χ3n) is 8.59. The fraction of sp³-hybridized carbons (Fsp3) is 0.633. The SMILES string of the molecule is COC(=O)c1cc(Br)cc2c1nc(-c1nn(COCC[Si](C)(C)C)c3c1C[C@@H]1C[C@]1(C)C3)n2COCC[Si](C)(C)C. The van der Waals surface area contributed by atoms with E-state index in [1.807, 2.05) is 6.07 Å². The number of nitrogens with zero attached hydrogens (tertiary/aromatic N) is 4. The van der Waals surface area contributed by atoms with Gasteiger partial charge in [0.15, 0.2) is 5.82 Å². The summed E-state index contributed by atoms with van der Waals surface area (Å²) in [6.07, 6.45) is 3.24. The molecule has 224 valence electrons. The molecule has 2 atom stereocenters. The molecule has 8 nitrogen and oxygen atoms in total. The molecule has 41 heavy (non-hydrogen) atoms. The van der Waals surface area contributed by atoms with Crippen LogP contribution in [0.1, 0.15) is 35.0 Å². The Kier molecular flexibility index (Phi) is 8.50. The fourth-order valence-electron chi connectivity index (χ4n) is 5.73. The van der Waals surface area contributed by atoms with Gasteiger partial charge in [-0.1, -0.05) is 62.1 Å². The largest absolute Gasteiger partial charge is 0.465 e. The monoisotopic (exact) mass is 660 g/mol. The summed E-state index contributed by atoms with van der Waals surface area (Å²) >= 11 is 3.60. The van der Waals surface area contributed by atoms with Gasteiger partial charge in [0.25, 0.3) is 0 Å². The van der Waals surface area contributed by atoms with Gasteiger partial charge in [-0.05, 0) is 54.8 Å². The van der Waals surface area contributed by atoms with E-state index in [-0.39, 0.29) is 0 Å². The van der Waals surface area contributed by atoms with E-state index in [1.165, 1.54) is 24.8 Å². The summed E-state index contributed by atoms with van der Waals surface area (Å²) in [6, 6.07) is 5.97. The molecule has 2 aliphatic rings. The molecule has 0 radical (unpaired) electrons. The molecule has 0 bridgehead atoms. The van der Waals surface area contributed by atoms with Crippen molar-refractivity contribution in [2.75, 3.05) is 20.3 Å². The molecule has 1 saturated carbocycles. The van der Waals surface area contributed by atoms with E-state index in [0.717, 1.165) is 53.0 Å². The fourth-order valence-corrected chi connectivity index (χ4v) is 7.69. The number of imidazole rings is 1. The maximum absolute atomic E-state index is 12.8. The number of benzene rings is 1. The minimum atomic E-state index is -1.25. The lowest BCUT2D eigenvalue weighted by molar-refractivity contribution is 0.0602. The summed E-state index contributed by atoms with van der Waals surface area (Å²) in [7, 11) is -1.03. The number of esters is 1. The van der Waals surface area contributed by atoms with Gasteiger partial charge >= 0.3 is 5.97 Å². The summed E-state index contributed by atoms with van der Waals surface area (Å²) in [5.41, 5.74) is 5.60. The van der Waals surface area contributed by atoms with Gasteiger partial charge in [0.1, 0.15) is 24.7 Å². The van der Waals surface area contributed by atoms with Crippen molar-refractivity contribution in [3.05, 3.63) is 33.4 Å². The van der Waals surface area contributed by atoms with Gasteiger partial charge in [0.05, 0.1) is 18.2 Å². The highest BCUT2D eigenvalue weighted by molar-refractivity contribution is 9.10. The Bertz CT molecular complexity index is 1460. The first-order chi connectivity index (χ1) is 19.2. The van der Waals surface area contributed by atoms with Crippen molar-refractivity contribution in [2.45, 2.75) is 91.0 Å². The zero-order valence-corrected chi connectivity index (χ0v) is 29.5. The standard InChI is InChI=1S/C30H45BrN4O4Si2/c1-30-16-20(30)13-22-25(17-30)35(19-39-10-12-41(6,7)8)33-27(22)28-32-26-23(29(36)37-2)14-21(31)15-24(26)34(28)18-38-9-11-40(3,4)5/h14-15,20H,9-13,16-19H2,1-8H3/t20-,30-/m1/s1. The van der Waals surface area contributed by atoms with Gasteiger partial charge in [-0.3, -0.25) is 4.57 Å². The molecule has 5 rings (SSSR count). The van der Waals surface area contributed by atoms with E-state index >= 15 is 0 Å². The summed E-state index contributed by atoms with van der Waals surface area (Å²) in [5, 5.41) is 5.17. The van der Waals surface area contributed by atoms with Crippen LogP contribution in [-0.2, 0) is 40.5 Å². The number of carbonyl (C=O) groups is 1. The van der Waals surface area contributed by atoms with Crippen molar-refractivity contribution in [3.63, 3.8) is 0 Å². The lowest BCUT2D eigenvalue weighted by atomic mass is 9.87. The number of rotatable bonds is 12. The zero-order valence-electron chi connectivity index (χ0n) is 25.9. The third-order valence-corrected chi connectivity index (χ3v) is 12.5. The molecular weight excluding hydrogens is 616 g/mol. The predicted octanol–water partition coefficient (Wildman–Crippen LogP) is 7.20. The minimum absolute atomic E-state index is 0.336. The number of halogens is 1. The summed E-state index contributed by atoms with van der Waals surface area (Å²) in [6.45, 7) is 18.8. The number of hydrogen-bond acceptors (Lipinski definition) is 6. The Balaban J connectivity index is 1.57. The van der Waals surface area contributed by atoms with Crippen LogP contribution in [0, 0.1) is 11.3 Å². The Hall–Kier alpha value is -1.80. The molecule has 1 aromatic carbocycles. The Morgan fingerprint density at radius 1 is 1.07 bits per heavy atom. The van der Waals surface area contributed by atoms with Crippen LogP contribution in [0.4, 0.5) is 0 Å². The molecule has 3 aromatic rings. The molecule has 1 fully saturated rings. The molecular formula is C30H45BrN4O4Si2. The number of ether oxygens (including phenoxy) is 3. The average Bonchev–Trinajstić information content (AvgIpc) is 3.24. The summed E-state index contributed by atoms with van der Waals surface area (Å²) in [5.74, 6) is 0.992. The lowest BCUT2D eigenvalue weighted by Crippen LogP contribution is -2.23. The van der Waals surface area contributed by atoms with Crippen molar-refractivity contribution in [1.29, 1.82) is 0 Å². The lowest BCUT2D eigenvalue weighted by Gasteiger charge is -2.20. The molecule has 2 aromatic heterocycles. The van der Waals surface area contributed by atoms with Crippen molar-refractivity contribution in [2.24, 2.45) is 11.3 Å². The maximum atomic E-state index is 12.8. The van der Waals surface area contributed by atoms with E-state index in [0.29, 0.717) is 42.5 Å². The van der Waals surface area contributed by atoms with Gasteiger partial charge in [-0.2, -0.15) is 5.10 Å². The van der Waals surface area contributed by atoms with Gasteiger partial charge in [-0.25, -0.2) is 14.5 Å². The van der Waals surface area contributed by atoms with Crippen molar-refractivity contribution >= 4 is 49.1 Å². The van der Waals surface area contributed by atoms with Crippen LogP contribution in [0.15, 0.2) is 16.6 Å². The second kappa shape index (κ2) is 11.4. The molecule has 2 heterocycles. The molecule has 0 aliphatic heterocycles. The first-order valence-electron chi connectivity index (χ1n) is 14.7. The Morgan fingerprint density at radius 3 is 2.37 bits per heavy atom. The highest BCUT2D eigenvalue weighted by Crippen LogP contribution is 2.60. The minimum Gasteiger partial charge on any atom is -0.465 e. The van der Waals surface area contributed by atoms with Crippen molar-refractivity contribution in [3.8, 4) is 11.5 Å². The number of aromatic nitrogens is 4. The van der Waals surface area contributed by atoms with E-state index in [4.69, 9.17) is 24.3 Å². The molecule has 0 spiro atoms. The van der Waals surface area contributed by atoms with Crippen LogP contribution < -0.4 is 0 Å². The van der Waals surface area contributed by atoms with Crippen LogP contribution in [0.2, 0.25) is 51.4 Å². The number of carbonyl (C=O) groups excluding carboxylic acids is 1. The first-order valence-corrected chi connectivity index (χ1v) is 22.9. The second-order valence-electron chi connectivity index (χ2n) is 14.6. The van der Waals surface area contributed by atoms with Crippen LogP contribution >= 0.6 is 15.9 Å². The number of fused-ring (bicyclic) bond motifs is 3. The average molecular weight is 662 g/mol. The predicted molar refractivity (Wildman–Crippen MR) is 172 cm³/mol. The first kappa shape index (κ1) is 30.7. The smallest absolute Gasteiger partial charge is 0.340 e. The van der Waals surface area contributed by atoms with E-state index in [9.17, 15) is 4.79 Å². The van der Waals surface area contributed by atoms with Crippen molar-refractivity contribution in [1.82, 2.24) is 19.3 Å². The molecule has 11 heteroatoms. The maximum Gasteiger partial charge on any atom is 0.340 e. The normalized spacial score (nSPS) is 20.3. The van der Waals surface area contributed by atoms with Gasteiger partial charge in [-0.15, -0.1) is 0 Å². The van der Waals surface area contributed by atoms with E-state index in [2.05, 4.69) is 71.4 Å². The van der Waals surface area contributed by atoms with Crippen LogP contribution in [0.3, 0.4) is 0 Å². The Labute approximate surface area is 254 Å². The molecule has 2 aliphatic carbocycles. The summed E-state index contributed by atoms with van der Waals surface area (Å²) < 4.78 is 22.5. The topological polar surface area (TPSA) is 80.4 Å². The quantitative estimate of drug-likeness (QED) is 0.116. The van der Waals surface area contributed by atoms with Crippen LogP contribution in [0.5, 0.6) is 0 Å². The Morgan fingerprint density at radius 2 is 1.73 bits per heavy atom. The summed E-state index contributed by atoms with van der Waals surface area (Å²) in [4.78, 5) is 17.9. The molecule has 0 N–H and O–H groups in total. The van der Waals surface area contributed by atoms with Gasteiger partial charge in [0.2, 0.25) is 0 Å².